The number of esters is 1. The SMILES string of the molecule is CC(C)Cc1ccc([C@@H](C)C(=O)O[C@@H]2C[C@H](C)CC[C@H]2C(C)C)cc1. The van der Waals surface area contributed by atoms with Gasteiger partial charge in [-0.25, -0.2) is 0 Å². The van der Waals surface area contributed by atoms with E-state index in [1.165, 1.54) is 18.4 Å². The number of hydrogen-bond donors (Lipinski definition) is 0. The van der Waals surface area contributed by atoms with E-state index in [2.05, 4.69) is 58.9 Å². The minimum absolute atomic E-state index is 0.0682. The molecule has 0 N–H and O–H groups in total. The molecule has 0 spiro atoms. The number of hydrogen-bond acceptors (Lipinski definition) is 2. The molecule has 2 rings (SSSR count). The van der Waals surface area contributed by atoms with E-state index in [9.17, 15) is 4.79 Å². The summed E-state index contributed by atoms with van der Waals surface area (Å²) in [6.07, 6.45) is 4.60. The van der Waals surface area contributed by atoms with Crippen LogP contribution in [0.2, 0.25) is 0 Å². The van der Waals surface area contributed by atoms with Gasteiger partial charge in [0, 0.05) is 0 Å². The highest BCUT2D eigenvalue weighted by molar-refractivity contribution is 5.77. The molecule has 2 nitrogen and oxygen atoms in total. The minimum Gasteiger partial charge on any atom is -0.462 e. The Morgan fingerprint density at radius 1 is 1.08 bits per heavy atom. The molecule has 2 heteroatoms. The first-order valence-corrected chi connectivity index (χ1v) is 10.1. The van der Waals surface area contributed by atoms with Crippen LogP contribution < -0.4 is 0 Å². The molecule has 1 saturated carbocycles. The lowest BCUT2D eigenvalue weighted by Gasteiger charge is -2.37. The molecular formula is C23H36O2. The molecular weight excluding hydrogens is 308 g/mol. The fraction of sp³-hybridized carbons (Fsp3) is 0.696. The normalized spacial score (nSPS) is 25.2. The molecule has 0 aromatic heterocycles. The summed E-state index contributed by atoms with van der Waals surface area (Å²) in [5.41, 5.74) is 2.39. The maximum Gasteiger partial charge on any atom is 0.313 e. The lowest BCUT2D eigenvalue weighted by molar-refractivity contribution is -0.157. The molecule has 0 bridgehead atoms. The summed E-state index contributed by atoms with van der Waals surface area (Å²) in [5.74, 6) is 2.10. The Hall–Kier alpha value is -1.31. The molecule has 4 atom stereocenters. The van der Waals surface area contributed by atoms with E-state index in [4.69, 9.17) is 4.74 Å². The van der Waals surface area contributed by atoms with Crippen molar-refractivity contribution >= 4 is 5.97 Å². The zero-order valence-electron chi connectivity index (χ0n) is 16.9. The van der Waals surface area contributed by atoms with Gasteiger partial charge in [-0.05, 0) is 61.0 Å². The third-order valence-corrected chi connectivity index (χ3v) is 5.71. The summed E-state index contributed by atoms with van der Waals surface area (Å²) in [6, 6.07) is 8.48. The first-order valence-electron chi connectivity index (χ1n) is 10.1. The fourth-order valence-corrected chi connectivity index (χ4v) is 4.05. The van der Waals surface area contributed by atoms with E-state index in [0.717, 1.165) is 18.4 Å². The quantitative estimate of drug-likeness (QED) is 0.592. The van der Waals surface area contributed by atoms with Crippen molar-refractivity contribution in [3.05, 3.63) is 35.4 Å². The van der Waals surface area contributed by atoms with Crippen LogP contribution in [0.1, 0.15) is 77.8 Å². The minimum atomic E-state index is -0.196. The van der Waals surface area contributed by atoms with Crippen LogP contribution in [0.15, 0.2) is 24.3 Å². The van der Waals surface area contributed by atoms with Gasteiger partial charge in [-0.3, -0.25) is 4.79 Å². The maximum absolute atomic E-state index is 12.7. The highest BCUT2D eigenvalue weighted by atomic mass is 16.5. The van der Waals surface area contributed by atoms with Gasteiger partial charge in [0.15, 0.2) is 0 Å². The summed E-state index contributed by atoms with van der Waals surface area (Å²) in [5, 5.41) is 0. The third-order valence-electron chi connectivity index (χ3n) is 5.71. The van der Waals surface area contributed by atoms with E-state index >= 15 is 0 Å². The number of benzene rings is 1. The van der Waals surface area contributed by atoms with Crippen LogP contribution >= 0.6 is 0 Å². The van der Waals surface area contributed by atoms with Gasteiger partial charge in [-0.2, -0.15) is 0 Å². The van der Waals surface area contributed by atoms with Gasteiger partial charge in [-0.1, -0.05) is 65.3 Å². The lowest BCUT2D eigenvalue weighted by atomic mass is 9.75. The highest BCUT2D eigenvalue weighted by Gasteiger charge is 2.34. The molecule has 0 unspecified atom stereocenters. The van der Waals surface area contributed by atoms with Crippen LogP contribution in [0, 0.1) is 23.7 Å². The highest BCUT2D eigenvalue weighted by Crippen LogP contribution is 2.36. The second kappa shape index (κ2) is 8.87. The molecule has 1 fully saturated rings. The number of ether oxygens (including phenoxy) is 1. The Labute approximate surface area is 154 Å². The van der Waals surface area contributed by atoms with E-state index < -0.39 is 0 Å². The largest absolute Gasteiger partial charge is 0.462 e. The number of carbonyl (C=O) groups is 1. The summed E-state index contributed by atoms with van der Waals surface area (Å²) >= 11 is 0. The summed E-state index contributed by atoms with van der Waals surface area (Å²) in [4.78, 5) is 12.7. The molecule has 0 aliphatic heterocycles. The Morgan fingerprint density at radius 2 is 1.72 bits per heavy atom. The van der Waals surface area contributed by atoms with Crippen molar-refractivity contribution in [2.24, 2.45) is 23.7 Å². The van der Waals surface area contributed by atoms with E-state index in [-0.39, 0.29) is 18.0 Å². The summed E-state index contributed by atoms with van der Waals surface area (Å²) in [6.45, 7) is 13.2. The van der Waals surface area contributed by atoms with Gasteiger partial charge in [0.05, 0.1) is 5.92 Å². The van der Waals surface area contributed by atoms with Crippen molar-refractivity contribution in [1.82, 2.24) is 0 Å². The van der Waals surface area contributed by atoms with E-state index in [1.807, 2.05) is 6.92 Å². The van der Waals surface area contributed by atoms with Crippen molar-refractivity contribution in [2.45, 2.75) is 79.2 Å². The first kappa shape index (κ1) is 20.0. The Morgan fingerprint density at radius 3 is 2.28 bits per heavy atom. The number of carbonyl (C=O) groups excluding carboxylic acids is 1. The van der Waals surface area contributed by atoms with Crippen LogP contribution in [0.5, 0.6) is 0 Å². The molecule has 1 aliphatic carbocycles. The maximum atomic E-state index is 12.7. The monoisotopic (exact) mass is 344 g/mol. The van der Waals surface area contributed by atoms with Crippen molar-refractivity contribution in [1.29, 1.82) is 0 Å². The molecule has 0 saturated heterocycles. The third kappa shape index (κ3) is 5.59. The Kier molecular flexibility index (Phi) is 7.10. The van der Waals surface area contributed by atoms with Gasteiger partial charge in [0.2, 0.25) is 0 Å². The fourth-order valence-electron chi connectivity index (χ4n) is 4.05. The lowest BCUT2D eigenvalue weighted by Crippen LogP contribution is -2.36. The molecule has 0 amide bonds. The average molecular weight is 345 g/mol. The Bertz CT molecular complexity index is 544. The molecule has 1 aromatic rings. The molecule has 1 aromatic carbocycles. The van der Waals surface area contributed by atoms with Crippen LogP contribution in [0.3, 0.4) is 0 Å². The number of rotatable bonds is 6. The smallest absolute Gasteiger partial charge is 0.313 e. The Balaban J connectivity index is 2.01. The van der Waals surface area contributed by atoms with Gasteiger partial charge in [0.1, 0.15) is 6.10 Å². The van der Waals surface area contributed by atoms with Gasteiger partial charge in [-0.15, -0.1) is 0 Å². The summed E-state index contributed by atoms with van der Waals surface area (Å²) < 4.78 is 6.01. The predicted octanol–water partition coefficient (Wildman–Crippen LogP) is 5.99. The summed E-state index contributed by atoms with van der Waals surface area (Å²) in [7, 11) is 0. The average Bonchev–Trinajstić information content (AvgIpc) is 2.54. The van der Waals surface area contributed by atoms with Crippen LogP contribution in [0.25, 0.3) is 0 Å². The van der Waals surface area contributed by atoms with Crippen LogP contribution in [-0.4, -0.2) is 12.1 Å². The molecule has 140 valence electrons. The van der Waals surface area contributed by atoms with Crippen molar-refractivity contribution < 1.29 is 9.53 Å². The molecule has 1 aliphatic rings. The first-order chi connectivity index (χ1) is 11.8. The van der Waals surface area contributed by atoms with Crippen molar-refractivity contribution in [3.63, 3.8) is 0 Å². The van der Waals surface area contributed by atoms with E-state index in [0.29, 0.717) is 23.7 Å². The van der Waals surface area contributed by atoms with Crippen molar-refractivity contribution in [3.8, 4) is 0 Å². The zero-order chi connectivity index (χ0) is 18.6. The van der Waals surface area contributed by atoms with Gasteiger partial charge >= 0.3 is 5.97 Å². The predicted molar refractivity (Wildman–Crippen MR) is 105 cm³/mol. The van der Waals surface area contributed by atoms with Gasteiger partial charge in [0.25, 0.3) is 0 Å². The second-order valence-electron chi connectivity index (χ2n) is 8.86. The zero-order valence-corrected chi connectivity index (χ0v) is 16.9. The second-order valence-corrected chi connectivity index (χ2v) is 8.86. The van der Waals surface area contributed by atoms with Crippen LogP contribution in [0.4, 0.5) is 0 Å². The van der Waals surface area contributed by atoms with Gasteiger partial charge < -0.3 is 4.74 Å². The van der Waals surface area contributed by atoms with Crippen molar-refractivity contribution in [2.75, 3.05) is 0 Å². The van der Waals surface area contributed by atoms with E-state index in [1.54, 1.807) is 0 Å². The standard InChI is InChI=1S/C23H36O2/c1-15(2)13-19-8-10-20(11-9-19)18(6)23(24)25-22-14-17(5)7-12-21(22)16(3)4/h8-11,15-18,21-22H,7,12-14H2,1-6H3/t17-,18-,21+,22-/m1/s1. The molecule has 25 heavy (non-hydrogen) atoms. The molecule has 0 heterocycles. The topological polar surface area (TPSA) is 26.3 Å². The molecule has 0 radical (unpaired) electrons. The van der Waals surface area contributed by atoms with Crippen LogP contribution in [-0.2, 0) is 16.0 Å².